The average Bonchev–Trinajstić information content (AvgIpc) is 2.83. The molecule has 2 heterocycles. The molecule has 1 fully saturated rings. The number of halogens is 1. The SMILES string of the molecule is O=C(O)[C@@H]1CC(O)CN1C(=O)c1ccc(Br)s1. The molecule has 1 aromatic rings. The van der Waals surface area contributed by atoms with Crippen LogP contribution in [-0.4, -0.2) is 45.7 Å². The summed E-state index contributed by atoms with van der Waals surface area (Å²) in [4.78, 5) is 24.7. The summed E-state index contributed by atoms with van der Waals surface area (Å²) in [6.07, 6.45) is -0.670. The Kier molecular flexibility index (Phi) is 3.50. The number of hydrogen-bond donors (Lipinski definition) is 2. The van der Waals surface area contributed by atoms with Crippen LogP contribution in [0.15, 0.2) is 15.9 Å². The highest BCUT2D eigenvalue weighted by Crippen LogP contribution is 2.27. The Hall–Kier alpha value is -0.920. The van der Waals surface area contributed by atoms with Crippen LogP contribution in [-0.2, 0) is 4.79 Å². The predicted octanol–water partition coefficient (Wildman–Crippen LogP) is 1.17. The molecule has 2 atom stereocenters. The molecule has 1 saturated heterocycles. The summed E-state index contributed by atoms with van der Waals surface area (Å²) in [5.41, 5.74) is 0. The van der Waals surface area contributed by atoms with Crippen LogP contribution >= 0.6 is 27.3 Å². The molecule has 0 bridgehead atoms. The van der Waals surface area contributed by atoms with Crippen LogP contribution in [0.2, 0.25) is 0 Å². The molecule has 5 nitrogen and oxygen atoms in total. The second kappa shape index (κ2) is 4.75. The van der Waals surface area contributed by atoms with E-state index in [1.165, 1.54) is 16.2 Å². The Bertz CT molecular complexity index is 461. The lowest BCUT2D eigenvalue weighted by atomic mass is 10.2. The maximum Gasteiger partial charge on any atom is 0.326 e. The van der Waals surface area contributed by atoms with Crippen molar-refractivity contribution in [2.45, 2.75) is 18.6 Å². The van der Waals surface area contributed by atoms with Gasteiger partial charge in [0.1, 0.15) is 6.04 Å². The lowest BCUT2D eigenvalue weighted by Crippen LogP contribution is -2.40. The first-order valence-electron chi connectivity index (χ1n) is 4.96. The van der Waals surface area contributed by atoms with E-state index >= 15 is 0 Å². The number of hydrogen-bond acceptors (Lipinski definition) is 4. The molecule has 2 N–H and O–H groups in total. The van der Waals surface area contributed by atoms with Gasteiger partial charge in [0, 0.05) is 13.0 Å². The van der Waals surface area contributed by atoms with E-state index in [0.29, 0.717) is 4.88 Å². The molecule has 17 heavy (non-hydrogen) atoms. The monoisotopic (exact) mass is 319 g/mol. The van der Waals surface area contributed by atoms with Crippen LogP contribution in [0.4, 0.5) is 0 Å². The van der Waals surface area contributed by atoms with E-state index in [4.69, 9.17) is 5.11 Å². The summed E-state index contributed by atoms with van der Waals surface area (Å²) in [5.74, 6) is -1.42. The van der Waals surface area contributed by atoms with E-state index < -0.39 is 18.1 Å². The van der Waals surface area contributed by atoms with Gasteiger partial charge in [-0.1, -0.05) is 0 Å². The second-order valence-electron chi connectivity index (χ2n) is 3.80. The van der Waals surface area contributed by atoms with Crippen LogP contribution in [0.3, 0.4) is 0 Å². The largest absolute Gasteiger partial charge is 0.480 e. The Balaban J connectivity index is 2.21. The fourth-order valence-electron chi connectivity index (χ4n) is 1.84. The number of nitrogens with zero attached hydrogens (tertiary/aromatic N) is 1. The number of carboxylic acid groups (broad SMARTS) is 1. The first-order chi connectivity index (χ1) is 7.99. The number of aliphatic carboxylic acids is 1. The standard InChI is InChI=1S/C10H10BrNO4S/c11-8-2-1-7(17-8)9(14)12-4-5(13)3-6(12)10(15)16/h1-2,5-6,13H,3-4H2,(H,15,16)/t5?,6-/m0/s1. The third kappa shape index (κ3) is 2.51. The van der Waals surface area contributed by atoms with Crippen molar-refractivity contribution in [3.63, 3.8) is 0 Å². The summed E-state index contributed by atoms with van der Waals surface area (Å²) in [6, 6.07) is 2.44. The van der Waals surface area contributed by atoms with Gasteiger partial charge in [0.2, 0.25) is 0 Å². The highest BCUT2D eigenvalue weighted by Gasteiger charge is 2.39. The normalized spacial score (nSPS) is 24.0. The molecule has 1 aliphatic rings. The molecule has 92 valence electrons. The van der Waals surface area contributed by atoms with Crippen molar-refractivity contribution in [1.29, 1.82) is 0 Å². The lowest BCUT2D eigenvalue weighted by Gasteiger charge is -2.20. The molecular weight excluding hydrogens is 310 g/mol. The minimum atomic E-state index is -1.08. The predicted molar refractivity (Wildman–Crippen MR) is 65.1 cm³/mol. The van der Waals surface area contributed by atoms with Crippen LogP contribution in [0.1, 0.15) is 16.1 Å². The molecule has 0 spiro atoms. The van der Waals surface area contributed by atoms with E-state index in [1.54, 1.807) is 12.1 Å². The Morgan fingerprint density at radius 3 is 2.71 bits per heavy atom. The first kappa shape index (κ1) is 12.5. The molecule has 2 rings (SSSR count). The van der Waals surface area contributed by atoms with Crippen molar-refractivity contribution < 1.29 is 19.8 Å². The van der Waals surface area contributed by atoms with E-state index in [-0.39, 0.29) is 18.9 Å². The van der Waals surface area contributed by atoms with Crippen LogP contribution in [0.5, 0.6) is 0 Å². The Morgan fingerprint density at radius 2 is 2.18 bits per heavy atom. The van der Waals surface area contributed by atoms with Gasteiger partial charge in [-0.05, 0) is 28.1 Å². The van der Waals surface area contributed by atoms with Crippen molar-refractivity contribution in [1.82, 2.24) is 4.90 Å². The minimum Gasteiger partial charge on any atom is -0.480 e. The summed E-state index contributed by atoms with van der Waals surface area (Å²) >= 11 is 4.50. The molecule has 7 heteroatoms. The van der Waals surface area contributed by atoms with Gasteiger partial charge in [-0.3, -0.25) is 4.79 Å². The second-order valence-corrected chi connectivity index (χ2v) is 6.27. The Morgan fingerprint density at radius 1 is 1.47 bits per heavy atom. The number of thiophene rings is 1. The summed E-state index contributed by atoms with van der Waals surface area (Å²) in [5, 5.41) is 18.4. The van der Waals surface area contributed by atoms with Gasteiger partial charge in [-0.2, -0.15) is 0 Å². The fraction of sp³-hybridized carbons (Fsp3) is 0.400. The number of rotatable bonds is 2. The molecule has 0 aliphatic carbocycles. The lowest BCUT2D eigenvalue weighted by molar-refractivity contribution is -0.141. The fourth-order valence-corrected chi connectivity index (χ4v) is 3.19. The molecule has 0 aromatic carbocycles. The highest BCUT2D eigenvalue weighted by atomic mass is 79.9. The number of likely N-dealkylation sites (tertiary alicyclic amines) is 1. The first-order valence-corrected chi connectivity index (χ1v) is 6.57. The number of carbonyl (C=O) groups is 2. The van der Waals surface area contributed by atoms with Crippen LogP contribution in [0.25, 0.3) is 0 Å². The molecule has 0 saturated carbocycles. The molecule has 1 amide bonds. The topological polar surface area (TPSA) is 77.8 Å². The number of aliphatic hydroxyl groups is 1. The quantitative estimate of drug-likeness (QED) is 0.857. The van der Waals surface area contributed by atoms with Gasteiger partial charge in [0.25, 0.3) is 5.91 Å². The summed E-state index contributed by atoms with van der Waals surface area (Å²) in [7, 11) is 0. The zero-order valence-corrected chi connectivity index (χ0v) is 11.1. The number of amides is 1. The molecular formula is C10H10BrNO4S. The third-order valence-electron chi connectivity index (χ3n) is 2.61. The summed E-state index contributed by atoms with van der Waals surface area (Å²) < 4.78 is 0.812. The van der Waals surface area contributed by atoms with Gasteiger partial charge >= 0.3 is 5.97 Å². The van der Waals surface area contributed by atoms with E-state index in [1.807, 2.05) is 0 Å². The van der Waals surface area contributed by atoms with Crippen LogP contribution < -0.4 is 0 Å². The van der Waals surface area contributed by atoms with Gasteiger partial charge < -0.3 is 15.1 Å². The molecule has 0 radical (unpaired) electrons. The van der Waals surface area contributed by atoms with E-state index in [9.17, 15) is 14.7 Å². The average molecular weight is 320 g/mol. The summed E-state index contributed by atoms with van der Waals surface area (Å²) in [6.45, 7) is 0.0747. The zero-order chi connectivity index (χ0) is 12.6. The van der Waals surface area contributed by atoms with Crippen molar-refractivity contribution in [3.8, 4) is 0 Å². The van der Waals surface area contributed by atoms with Crippen molar-refractivity contribution in [2.24, 2.45) is 0 Å². The highest BCUT2D eigenvalue weighted by molar-refractivity contribution is 9.11. The number of aliphatic hydroxyl groups excluding tert-OH is 1. The number of carbonyl (C=O) groups excluding carboxylic acids is 1. The maximum absolute atomic E-state index is 12.1. The minimum absolute atomic E-state index is 0.0747. The van der Waals surface area contributed by atoms with Gasteiger partial charge in [0.05, 0.1) is 14.8 Å². The third-order valence-corrected chi connectivity index (χ3v) is 4.22. The number of carboxylic acids is 1. The maximum atomic E-state index is 12.1. The molecule has 1 unspecified atom stereocenters. The van der Waals surface area contributed by atoms with E-state index in [0.717, 1.165) is 3.79 Å². The smallest absolute Gasteiger partial charge is 0.326 e. The van der Waals surface area contributed by atoms with E-state index in [2.05, 4.69) is 15.9 Å². The number of β-amino-alcohol motifs (C(OH)–C–C–N with tert-alkyl or cyclic N) is 1. The molecule has 1 aliphatic heterocycles. The van der Waals surface area contributed by atoms with Crippen LogP contribution in [0, 0.1) is 0 Å². The zero-order valence-electron chi connectivity index (χ0n) is 8.67. The van der Waals surface area contributed by atoms with Crippen molar-refractivity contribution in [2.75, 3.05) is 6.54 Å². The Labute approximate surface area is 110 Å². The molecule has 1 aromatic heterocycles. The van der Waals surface area contributed by atoms with Crippen molar-refractivity contribution >= 4 is 39.1 Å². The van der Waals surface area contributed by atoms with Gasteiger partial charge in [0.15, 0.2) is 0 Å². The van der Waals surface area contributed by atoms with Gasteiger partial charge in [-0.25, -0.2) is 4.79 Å². The van der Waals surface area contributed by atoms with Crippen molar-refractivity contribution in [3.05, 3.63) is 20.8 Å². The van der Waals surface area contributed by atoms with Gasteiger partial charge in [-0.15, -0.1) is 11.3 Å².